The zero-order valence-corrected chi connectivity index (χ0v) is 12.8. The van der Waals surface area contributed by atoms with E-state index in [1.165, 1.54) is 60.9 Å². The van der Waals surface area contributed by atoms with Gasteiger partial charge in [-0.1, -0.05) is 42.1 Å². The molecule has 0 unspecified atom stereocenters. The molecule has 98 valence electrons. The first-order valence-electron chi connectivity index (χ1n) is 7.26. The maximum atomic E-state index is 3.58. The lowest BCUT2D eigenvalue weighted by Gasteiger charge is -2.54. The Kier molecular flexibility index (Phi) is 3.40. The number of rotatable bonds is 2. The van der Waals surface area contributed by atoms with Crippen LogP contribution >= 0.6 is 15.9 Å². The van der Waals surface area contributed by atoms with Crippen LogP contribution in [0.1, 0.15) is 44.6 Å². The molecule has 18 heavy (non-hydrogen) atoms. The van der Waals surface area contributed by atoms with Crippen molar-refractivity contribution in [2.75, 3.05) is 18.0 Å². The second-order valence-electron chi connectivity index (χ2n) is 6.04. The smallest absolute Gasteiger partial charge is 0.0399 e. The van der Waals surface area contributed by atoms with Gasteiger partial charge in [0.2, 0.25) is 0 Å². The van der Waals surface area contributed by atoms with Gasteiger partial charge in [-0.3, -0.25) is 0 Å². The van der Waals surface area contributed by atoms with E-state index in [-0.39, 0.29) is 0 Å². The molecule has 1 aromatic rings. The largest absolute Gasteiger partial charge is 0.370 e. The monoisotopic (exact) mass is 307 g/mol. The lowest BCUT2D eigenvalue weighted by Crippen LogP contribution is -2.57. The highest BCUT2D eigenvalue weighted by molar-refractivity contribution is 9.10. The number of hydrogen-bond donors (Lipinski definition) is 0. The van der Waals surface area contributed by atoms with E-state index in [1.807, 2.05) is 0 Å². The first-order valence-corrected chi connectivity index (χ1v) is 8.05. The van der Waals surface area contributed by atoms with Crippen molar-refractivity contribution in [2.45, 2.75) is 45.4 Å². The van der Waals surface area contributed by atoms with Gasteiger partial charge in [0.15, 0.2) is 0 Å². The summed E-state index contributed by atoms with van der Waals surface area (Å²) in [4.78, 5) is 2.59. The van der Waals surface area contributed by atoms with E-state index in [0.717, 1.165) is 6.42 Å². The fourth-order valence-corrected chi connectivity index (χ4v) is 4.11. The first-order chi connectivity index (χ1) is 8.72. The molecule has 0 N–H and O–H groups in total. The highest BCUT2D eigenvalue weighted by Crippen LogP contribution is 2.46. The Morgan fingerprint density at radius 2 is 1.89 bits per heavy atom. The zero-order chi connectivity index (χ0) is 12.6. The van der Waals surface area contributed by atoms with Crippen molar-refractivity contribution in [3.8, 4) is 0 Å². The lowest BCUT2D eigenvalue weighted by molar-refractivity contribution is 0.139. The number of halogens is 1. The maximum absolute atomic E-state index is 3.58. The van der Waals surface area contributed by atoms with Gasteiger partial charge < -0.3 is 4.90 Å². The van der Waals surface area contributed by atoms with E-state index in [0.29, 0.717) is 5.41 Å². The summed E-state index contributed by atoms with van der Waals surface area (Å²) in [6.45, 7) is 4.84. The van der Waals surface area contributed by atoms with Crippen molar-refractivity contribution < 1.29 is 0 Å². The molecule has 1 saturated carbocycles. The molecule has 1 aliphatic heterocycles. The number of nitrogens with zero attached hydrogens (tertiary/aromatic N) is 1. The van der Waals surface area contributed by atoms with Crippen molar-refractivity contribution in [3.05, 3.63) is 28.2 Å². The van der Waals surface area contributed by atoms with Gasteiger partial charge in [0.25, 0.3) is 0 Å². The maximum Gasteiger partial charge on any atom is 0.0399 e. The van der Waals surface area contributed by atoms with Crippen LogP contribution in [0, 0.1) is 5.41 Å². The molecule has 0 bridgehead atoms. The number of anilines is 1. The molecule has 2 heteroatoms. The summed E-state index contributed by atoms with van der Waals surface area (Å²) in [5.41, 5.74) is 3.63. The Hall–Kier alpha value is -0.500. The van der Waals surface area contributed by atoms with Crippen molar-refractivity contribution in [3.63, 3.8) is 0 Å². The lowest BCUT2D eigenvalue weighted by atomic mass is 9.68. The molecule has 1 saturated heterocycles. The average molecular weight is 308 g/mol. The van der Waals surface area contributed by atoms with Gasteiger partial charge >= 0.3 is 0 Å². The summed E-state index contributed by atoms with van der Waals surface area (Å²) in [6.07, 6.45) is 8.41. The average Bonchev–Trinajstić information content (AvgIpc) is 2.37. The number of benzene rings is 1. The van der Waals surface area contributed by atoms with Crippen LogP contribution in [0.15, 0.2) is 22.7 Å². The van der Waals surface area contributed by atoms with Crippen molar-refractivity contribution in [1.82, 2.24) is 0 Å². The van der Waals surface area contributed by atoms with E-state index in [2.05, 4.69) is 46.0 Å². The molecule has 1 aliphatic carbocycles. The van der Waals surface area contributed by atoms with Crippen LogP contribution in [0.2, 0.25) is 0 Å². The minimum Gasteiger partial charge on any atom is -0.370 e. The third-order valence-corrected chi connectivity index (χ3v) is 5.22. The molecular weight excluding hydrogens is 286 g/mol. The van der Waals surface area contributed by atoms with Gasteiger partial charge in [0.05, 0.1) is 0 Å². The summed E-state index contributed by atoms with van der Waals surface area (Å²) >= 11 is 3.58. The van der Waals surface area contributed by atoms with Gasteiger partial charge in [0.1, 0.15) is 0 Å². The molecule has 0 amide bonds. The third-order valence-electron chi connectivity index (χ3n) is 4.73. The van der Waals surface area contributed by atoms with Gasteiger partial charge in [-0.2, -0.15) is 0 Å². The molecule has 0 radical (unpaired) electrons. The Balaban J connectivity index is 1.74. The van der Waals surface area contributed by atoms with E-state index in [1.54, 1.807) is 0 Å². The van der Waals surface area contributed by atoms with Gasteiger partial charge in [-0.05, 0) is 43.0 Å². The number of aryl methyl sites for hydroxylation is 1. The molecule has 3 rings (SSSR count). The minimum absolute atomic E-state index is 0.677. The molecule has 1 aromatic carbocycles. The minimum atomic E-state index is 0.677. The molecule has 1 heterocycles. The van der Waals surface area contributed by atoms with Crippen LogP contribution in [0.3, 0.4) is 0 Å². The van der Waals surface area contributed by atoms with Crippen molar-refractivity contribution >= 4 is 21.6 Å². The Morgan fingerprint density at radius 1 is 1.17 bits per heavy atom. The van der Waals surface area contributed by atoms with Crippen LogP contribution in [-0.4, -0.2) is 13.1 Å². The summed E-state index contributed by atoms with van der Waals surface area (Å²) in [5.74, 6) is 0. The highest BCUT2D eigenvalue weighted by Gasteiger charge is 2.43. The normalized spacial score (nSPS) is 22.0. The quantitative estimate of drug-likeness (QED) is 0.760. The van der Waals surface area contributed by atoms with Gasteiger partial charge in [-0.15, -0.1) is 0 Å². The van der Waals surface area contributed by atoms with Crippen molar-refractivity contribution in [1.29, 1.82) is 0 Å². The molecule has 2 aliphatic rings. The van der Waals surface area contributed by atoms with Crippen LogP contribution in [0.25, 0.3) is 0 Å². The van der Waals surface area contributed by atoms with E-state index < -0.39 is 0 Å². The highest BCUT2D eigenvalue weighted by atomic mass is 79.9. The van der Waals surface area contributed by atoms with Crippen molar-refractivity contribution in [2.24, 2.45) is 5.41 Å². The Labute approximate surface area is 119 Å². The standard InChI is InChI=1S/C16H22BrN/c1-2-13-10-14(17)6-7-15(13)18-11-16(12-18)8-4-3-5-9-16/h6-7,10H,2-5,8-9,11-12H2,1H3. The van der Waals surface area contributed by atoms with Crippen LogP contribution < -0.4 is 4.90 Å². The first kappa shape index (κ1) is 12.5. The Morgan fingerprint density at radius 3 is 2.56 bits per heavy atom. The topological polar surface area (TPSA) is 3.24 Å². The molecule has 0 aromatic heterocycles. The molecule has 1 nitrogen and oxygen atoms in total. The summed E-state index contributed by atoms with van der Waals surface area (Å²) in [6, 6.07) is 6.75. The summed E-state index contributed by atoms with van der Waals surface area (Å²) < 4.78 is 1.20. The molecule has 1 spiro atoms. The SMILES string of the molecule is CCc1cc(Br)ccc1N1CC2(CCCCC2)C1. The number of hydrogen-bond acceptors (Lipinski definition) is 1. The van der Waals surface area contributed by atoms with Crippen LogP contribution in [0.5, 0.6) is 0 Å². The second kappa shape index (κ2) is 4.88. The third kappa shape index (κ3) is 2.20. The zero-order valence-electron chi connectivity index (χ0n) is 11.2. The van der Waals surface area contributed by atoms with E-state index in [4.69, 9.17) is 0 Å². The van der Waals surface area contributed by atoms with E-state index >= 15 is 0 Å². The fraction of sp³-hybridized carbons (Fsp3) is 0.625. The van der Waals surface area contributed by atoms with Gasteiger partial charge in [-0.25, -0.2) is 0 Å². The predicted molar refractivity (Wildman–Crippen MR) is 81.3 cm³/mol. The van der Waals surface area contributed by atoms with Crippen LogP contribution in [0.4, 0.5) is 5.69 Å². The summed E-state index contributed by atoms with van der Waals surface area (Å²) in [7, 11) is 0. The Bertz CT molecular complexity index is 427. The van der Waals surface area contributed by atoms with E-state index in [9.17, 15) is 0 Å². The summed E-state index contributed by atoms with van der Waals surface area (Å²) in [5, 5.41) is 0. The van der Waals surface area contributed by atoms with Crippen LogP contribution in [-0.2, 0) is 6.42 Å². The molecule has 2 fully saturated rings. The predicted octanol–water partition coefficient (Wildman–Crippen LogP) is 4.78. The molecular formula is C16H22BrN. The fourth-order valence-electron chi connectivity index (χ4n) is 3.70. The van der Waals surface area contributed by atoms with Gasteiger partial charge in [0, 0.05) is 28.7 Å². The molecule has 0 atom stereocenters. The second-order valence-corrected chi connectivity index (χ2v) is 6.96.